The summed E-state index contributed by atoms with van der Waals surface area (Å²) in [6.45, 7) is 5.65. The van der Waals surface area contributed by atoms with Gasteiger partial charge < -0.3 is 25.0 Å². The van der Waals surface area contributed by atoms with Crippen LogP contribution >= 0.6 is 0 Å². The molecule has 0 aliphatic carbocycles. The molecule has 246 valence electrons. The number of H-pyrrole nitrogens is 1. The van der Waals surface area contributed by atoms with Gasteiger partial charge in [0.15, 0.2) is 11.5 Å². The molecule has 0 fully saturated rings. The van der Waals surface area contributed by atoms with Gasteiger partial charge in [0.05, 0.1) is 22.8 Å². The van der Waals surface area contributed by atoms with Crippen LogP contribution < -0.4 is 10.6 Å². The molecule has 0 bridgehead atoms. The number of hydrogen-bond acceptors (Lipinski definition) is 9. The third-order valence-corrected chi connectivity index (χ3v) is 7.02. The standard InChI is InChI=1S/C31H33F3N10O3/c1-30(2,3)29-41-28(47-42-29)27(46)36-15-18-10-9-17(14-21(18)31(32,33)34)19-11-12-35-25-23(19)39-24(40-25)20-16-37-44(6)26(20)38-22(45)8-7-13-43(4)5/h7-12,14,16H,13,15H2,1-6H3,(H,36,46)(H,38,45)(H,35,39,40)/b8-7+. The van der Waals surface area contributed by atoms with Gasteiger partial charge in [-0.15, -0.1) is 0 Å². The van der Waals surface area contributed by atoms with Gasteiger partial charge in [-0.3, -0.25) is 14.3 Å². The Kier molecular flexibility index (Phi) is 8.98. The molecule has 5 aromatic rings. The van der Waals surface area contributed by atoms with E-state index in [0.717, 1.165) is 6.07 Å². The van der Waals surface area contributed by atoms with Crippen molar-refractivity contribution in [2.24, 2.45) is 7.05 Å². The van der Waals surface area contributed by atoms with Gasteiger partial charge in [-0.05, 0) is 37.4 Å². The number of nitrogens with one attached hydrogen (secondary N) is 3. The highest BCUT2D eigenvalue weighted by atomic mass is 19.4. The van der Waals surface area contributed by atoms with Gasteiger partial charge in [0.1, 0.15) is 11.6 Å². The molecule has 47 heavy (non-hydrogen) atoms. The lowest BCUT2D eigenvalue weighted by atomic mass is 9.96. The number of aromatic nitrogens is 7. The SMILES string of the molecule is CN(C)C/C=C/C(=O)Nc1c(-c2nc3nccc(-c4ccc(CNC(=O)c5nc(C(C)(C)C)no5)c(C(F)(F)F)c4)c3[nH]2)cnn1C. The number of imidazole rings is 1. The first-order chi connectivity index (χ1) is 22.1. The molecule has 1 aromatic carbocycles. The number of aromatic amines is 1. The van der Waals surface area contributed by atoms with Gasteiger partial charge in [-0.1, -0.05) is 44.1 Å². The first-order valence-electron chi connectivity index (χ1n) is 14.4. The highest BCUT2D eigenvalue weighted by Crippen LogP contribution is 2.37. The van der Waals surface area contributed by atoms with Crippen molar-refractivity contribution in [3.63, 3.8) is 0 Å². The molecule has 0 spiro atoms. The van der Waals surface area contributed by atoms with Crippen LogP contribution in [0.5, 0.6) is 0 Å². The van der Waals surface area contributed by atoms with Crippen LogP contribution in [0.4, 0.5) is 19.0 Å². The second-order valence-electron chi connectivity index (χ2n) is 12.1. The molecule has 0 aliphatic heterocycles. The van der Waals surface area contributed by atoms with Gasteiger partial charge in [0, 0.05) is 43.4 Å². The number of fused-ring (bicyclic) bond motifs is 1. The molecule has 0 saturated carbocycles. The quantitative estimate of drug-likeness (QED) is 0.192. The Balaban J connectivity index is 1.43. The molecule has 0 unspecified atom stereocenters. The minimum absolute atomic E-state index is 0.156. The van der Waals surface area contributed by atoms with Gasteiger partial charge in [0.25, 0.3) is 0 Å². The first kappa shape index (κ1) is 33.0. The fourth-order valence-corrected chi connectivity index (χ4v) is 4.60. The van der Waals surface area contributed by atoms with Gasteiger partial charge in [0.2, 0.25) is 5.91 Å². The summed E-state index contributed by atoms with van der Waals surface area (Å²) in [7, 11) is 5.42. The number of carbonyl (C=O) groups is 2. The largest absolute Gasteiger partial charge is 0.416 e. The normalized spacial score (nSPS) is 12.4. The fraction of sp³-hybridized carbons (Fsp3) is 0.323. The number of pyridine rings is 1. The molecular weight excluding hydrogens is 617 g/mol. The zero-order valence-corrected chi connectivity index (χ0v) is 26.5. The Morgan fingerprint density at radius 3 is 2.55 bits per heavy atom. The van der Waals surface area contributed by atoms with Crippen molar-refractivity contribution in [1.29, 1.82) is 0 Å². The lowest BCUT2D eigenvalue weighted by Crippen LogP contribution is -2.25. The molecule has 4 aromatic heterocycles. The highest BCUT2D eigenvalue weighted by Gasteiger charge is 2.34. The zero-order valence-electron chi connectivity index (χ0n) is 26.5. The molecule has 0 aliphatic rings. The van der Waals surface area contributed by atoms with E-state index in [1.54, 1.807) is 19.2 Å². The third-order valence-electron chi connectivity index (χ3n) is 7.02. The summed E-state index contributed by atoms with van der Waals surface area (Å²) in [5.74, 6) is -0.522. The second-order valence-corrected chi connectivity index (χ2v) is 12.1. The van der Waals surface area contributed by atoms with E-state index in [1.807, 2.05) is 39.8 Å². The number of halogens is 3. The number of rotatable bonds is 9. The smallest absolute Gasteiger partial charge is 0.344 e. The second kappa shape index (κ2) is 12.8. The van der Waals surface area contributed by atoms with Crippen molar-refractivity contribution in [1.82, 2.24) is 45.1 Å². The Morgan fingerprint density at radius 1 is 1.11 bits per heavy atom. The first-order valence-corrected chi connectivity index (χ1v) is 14.4. The van der Waals surface area contributed by atoms with Crippen LogP contribution in [0.1, 0.15) is 48.4 Å². The molecule has 0 saturated heterocycles. The van der Waals surface area contributed by atoms with Crippen molar-refractivity contribution in [3.8, 4) is 22.5 Å². The Bertz CT molecular complexity index is 1970. The van der Waals surface area contributed by atoms with E-state index < -0.39 is 29.6 Å². The van der Waals surface area contributed by atoms with Gasteiger partial charge in [-0.2, -0.15) is 23.3 Å². The van der Waals surface area contributed by atoms with Crippen molar-refractivity contribution < 1.29 is 27.3 Å². The Hall–Kier alpha value is -5.38. The maximum Gasteiger partial charge on any atom is 0.416 e. The number of amides is 2. The average Bonchev–Trinajstić information content (AvgIpc) is 3.74. The van der Waals surface area contributed by atoms with E-state index in [9.17, 15) is 22.8 Å². The predicted molar refractivity (Wildman–Crippen MR) is 167 cm³/mol. The fourth-order valence-electron chi connectivity index (χ4n) is 4.60. The summed E-state index contributed by atoms with van der Waals surface area (Å²) >= 11 is 0. The maximum absolute atomic E-state index is 14.3. The number of aryl methyl sites for hydroxylation is 1. The van der Waals surface area contributed by atoms with E-state index >= 15 is 0 Å². The number of carbonyl (C=O) groups excluding carboxylic acids is 2. The molecule has 16 heteroatoms. The van der Waals surface area contributed by atoms with Crippen LogP contribution in [0.2, 0.25) is 0 Å². The molecular formula is C31H33F3N10O3. The molecule has 2 amide bonds. The van der Waals surface area contributed by atoms with E-state index in [1.165, 1.54) is 35.3 Å². The number of likely N-dealkylation sites (N-methyl/N-ethyl adjacent to an activating group) is 1. The molecule has 5 rings (SSSR count). The predicted octanol–water partition coefficient (Wildman–Crippen LogP) is 4.71. The van der Waals surface area contributed by atoms with Crippen LogP contribution in [0.3, 0.4) is 0 Å². The summed E-state index contributed by atoms with van der Waals surface area (Å²) in [6.07, 6.45) is 1.36. The van der Waals surface area contributed by atoms with Gasteiger partial charge >= 0.3 is 18.0 Å². The van der Waals surface area contributed by atoms with Crippen molar-refractivity contribution >= 4 is 28.8 Å². The molecule has 4 heterocycles. The van der Waals surface area contributed by atoms with Gasteiger partial charge in [-0.25, -0.2) is 9.97 Å². The average molecular weight is 651 g/mol. The Morgan fingerprint density at radius 2 is 1.87 bits per heavy atom. The summed E-state index contributed by atoms with van der Waals surface area (Å²) in [5.41, 5.74) is 0.191. The molecule has 0 atom stereocenters. The number of alkyl halides is 3. The number of anilines is 1. The van der Waals surface area contributed by atoms with E-state index in [2.05, 4.69) is 40.8 Å². The lowest BCUT2D eigenvalue weighted by Gasteiger charge is -2.15. The molecule has 3 N–H and O–H groups in total. The number of benzene rings is 1. The lowest BCUT2D eigenvalue weighted by molar-refractivity contribution is -0.138. The van der Waals surface area contributed by atoms with E-state index in [0.29, 0.717) is 40.7 Å². The summed E-state index contributed by atoms with van der Waals surface area (Å²) in [5, 5.41) is 13.2. The van der Waals surface area contributed by atoms with Crippen LogP contribution in [-0.2, 0) is 30.0 Å². The van der Waals surface area contributed by atoms with Crippen molar-refractivity contribution in [2.45, 2.75) is 38.9 Å². The summed E-state index contributed by atoms with van der Waals surface area (Å²) in [6, 6.07) is 5.41. The van der Waals surface area contributed by atoms with Crippen LogP contribution in [-0.4, -0.2) is 72.2 Å². The van der Waals surface area contributed by atoms with Crippen LogP contribution in [0.15, 0.2) is 53.3 Å². The molecule has 13 nitrogen and oxygen atoms in total. The number of hydrogen-bond donors (Lipinski definition) is 3. The Labute approximate surface area is 267 Å². The zero-order chi connectivity index (χ0) is 34.1. The van der Waals surface area contributed by atoms with Crippen molar-refractivity contribution in [2.75, 3.05) is 26.0 Å². The monoisotopic (exact) mass is 650 g/mol. The van der Waals surface area contributed by atoms with Crippen molar-refractivity contribution in [3.05, 3.63) is 71.7 Å². The van der Waals surface area contributed by atoms with Crippen LogP contribution in [0, 0.1) is 0 Å². The minimum Gasteiger partial charge on any atom is -0.344 e. The van der Waals surface area contributed by atoms with E-state index in [4.69, 9.17) is 4.52 Å². The topological polar surface area (TPSA) is 160 Å². The minimum atomic E-state index is -4.73. The highest BCUT2D eigenvalue weighted by molar-refractivity contribution is 6.01. The third kappa shape index (κ3) is 7.38. The van der Waals surface area contributed by atoms with E-state index in [-0.39, 0.29) is 28.6 Å². The molecule has 0 radical (unpaired) electrons. The number of nitrogens with zero attached hydrogens (tertiary/aromatic N) is 7. The summed E-state index contributed by atoms with van der Waals surface area (Å²) < 4.78 is 49.4. The summed E-state index contributed by atoms with van der Waals surface area (Å²) in [4.78, 5) is 43.1. The van der Waals surface area contributed by atoms with Crippen LogP contribution in [0.25, 0.3) is 33.7 Å². The maximum atomic E-state index is 14.3.